The van der Waals surface area contributed by atoms with Crippen molar-refractivity contribution in [1.29, 1.82) is 0 Å². The number of halogens is 1. The van der Waals surface area contributed by atoms with Crippen LogP contribution in [0.25, 0.3) is 0 Å². The van der Waals surface area contributed by atoms with Crippen molar-refractivity contribution in [3.8, 4) is 0 Å². The first-order valence-electron chi connectivity index (χ1n) is 3.37. The summed E-state index contributed by atoms with van der Waals surface area (Å²) in [5, 5.41) is 8.28. The average Bonchev–Trinajstić information content (AvgIpc) is 1.82. The smallest absolute Gasteiger partial charge is 0.364 e. The molecule has 0 amide bonds. The summed E-state index contributed by atoms with van der Waals surface area (Å²) in [7, 11) is 0. The molecule has 0 aliphatic carbocycles. The summed E-state index contributed by atoms with van der Waals surface area (Å²) in [5.74, 6) is -2.53. The molecule has 0 spiro atoms. The average molecular weight is 160 g/mol. The molecule has 0 radical (unpaired) electrons. The van der Waals surface area contributed by atoms with Gasteiger partial charge in [0.2, 0.25) is 5.83 Å². The molecule has 0 aromatic rings. The predicted octanol–water partition coefficient (Wildman–Crippen LogP) is 2.36. The molecule has 3 heteroatoms. The van der Waals surface area contributed by atoms with Crippen LogP contribution in [0.2, 0.25) is 0 Å². The molecule has 0 aliphatic rings. The second-order valence-electron chi connectivity index (χ2n) is 3.49. The summed E-state index contributed by atoms with van der Waals surface area (Å²) in [5.41, 5.74) is -0.146. The lowest BCUT2D eigenvalue weighted by molar-refractivity contribution is -0.134. The Hall–Kier alpha value is -0.860. The predicted molar refractivity (Wildman–Crippen MR) is 40.9 cm³/mol. The monoisotopic (exact) mass is 160 g/mol. The van der Waals surface area contributed by atoms with Crippen LogP contribution in [-0.4, -0.2) is 11.1 Å². The zero-order chi connectivity index (χ0) is 9.23. The minimum Gasteiger partial charge on any atom is -0.476 e. The highest BCUT2D eigenvalue weighted by molar-refractivity contribution is 5.85. The van der Waals surface area contributed by atoms with Gasteiger partial charge >= 0.3 is 5.97 Å². The van der Waals surface area contributed by atoms with Crippen molar-refractivity contribution in [2.24, 2.45) is 5.41 Å². The van der Waals surface area contributed by atoms with Gasteiger partial charge in [-0.15, -0.1) is 0 Å². The Morgan fingerprint density at radius 3 is 1.82 bits per heavy atom. The number of carboxylic acid groups (broad SMARTS) is 1. The Labute approximate surface area is 65.7 Å². The second kappa shape index (κ2) is 3.03. The lowest BCUT2D eigenvalue weighted by Crippen LogP contribution is -2.11. The number of rotatable bonds is 1. The Kier molecular flexibility index (Phi) is 2.79. The van der Waals surface area contributed by atoms with E-state index in [1.807, 2.05) is 0 Å². The molecule has 0 saturated carbocycles. The first-order chi connectivity index (χ1) is 4.76. The van der Waals surface area contributed by atoms with Gasteiger partial charge in [-0.1, -0.05) is 20.8 Å². The van der Waals surface area contributed by atoms with Crippen LogP contribution < -0.4 is 0 Å². The number of hydrogen-bond acceptors (Lipinski definition) is 1. The third-order valence-electron chi connectivity index (χ3n) is 1.64. The largest absolute Gasteiger partial charge is 0.476 e. The maximum Gasteiger partial charge on any atom is 0.364 e. The molecule has 0 heterocycles. The molecule has 2 nitrogen and oxygen atoms in total. The normalized spacial score (nSPS) is 14.3. The van der Waals surface area contributed by atoms with E-state index in [1.165, 1.54) is 6.92 Å². The fraction of sp³-hybridized carbons (Fsp3) is 0.625. The molecule has 0 rings (SSSR count). The second-order valence-corrected chi connectivity index (χ2v) is 3.49. The van der Waals surface area contributed by atoms with Crippen molar-refractivity contribution in [3.63, 3.8) is 0 Å². The molecular formula is C8H13FO2. The Morgan fingerprint density at radius 1 is 1.36 bits per heavy atom. The van der Waals surface area contributed by atoms with E-state index in [9.17, 15) is 9.18 Å². The zero-order valence-electron chi connectivity index (χ0n) is 7.23. The fourth-order valence-electron chi connectivity index (χ4n) is 0.490. The topological polar surface area (TPSA) is 37.3 Å². The highest BCUT2D eigenvalue weighted by atomic mass is 19.1. The van der Waals surface area contributed by atoms with Crippen molar-refractivity contribution < 1.29 is 14.3 Å². The SMILES string of the molecule is CC(=C(F)C(=O)O)C(C)(C)C. The van der Waals surface area contributed by atoms with E-state index in [0.29, 0.717) is 0 Å². The summed E-state index contributed by atoms with van der Waals surface area (Å²) in [6.45, 7) is 6.80. The molecule has 11 heavy (non-hydrogen) atoms. The lowest BCUT2D eigenvalue weighted by atomic mass is 9.87. The van der Waals surface area contributed by atoms with Gasteiger partial charge < -0.3 is 5.11 Å². The Morgan fingerprint density at radius 2 is 1.73 bits per heavy atom. The van der Waals surface area contributed by atoms with Crippen LogP contribution in [0.5, 0.6) is 0 Å². The standard InChI is InChI=1S/C8H13FO2/c1-5(8(2,3)4)6(9)7(10)11/h1-4H3,(H,10,11). The van der Waals surface area contributed by atoms with Gasteiger partial charge in [-0.25, -0.2) is 4.79 Å². The number of carbonyl (C=O) groups is 1. The van der Waals surface area contributed by atoms with Crippen molar-refractivity contribution in [2.75, 3.05) is 0 Å². The molecule has 0 saturated heterocycles. The van der Waals surface area contributed by atoms with Gasteiger partial charge in [0.25, 0.3) is 0 Å². The summed E-state index contributed by atoms with van der Waals surface area (Å²) in [6.07, 6.45) is 0. The first kappa shape index (κ1) is 10.1. The van der Waals surface area contributed by atoms with Gasteiger partial charge in [0.15, 0.2) is 0 Å². The van der Waals surface area contributed by atoms with Gasteiger partial charge in [-0.2, -0.15) is 4.39 Å². The molecular weight excluding hydrogens is 147 g/mol. The number of hydrogen-bond donors (Lipinski definition) is 1. The van der Waals surface area contributed by atoms with Gasteiger partial charge in [-0.05, 0) is 17.9 Å². The van der Waals surface area contributed by atoms with Crippen LogP contribution in [0.1, 0.15) is 27.7 Å². The molecule has 1 N–H and O–H groups in total. The van der Waals surface area contributed by atoms with Crippen LogP contribution in [0, 0.1) is 5.41 Å². The van der Waals surface area contributed by atoms with Gasteiger partial charge in [0, 0.05) is 0 Å². The summed E-state index contributed by atoms with van der Waals surface area (Å²) in [4.78, 5) is 10.2. The molecule has 64 valence electrons. The molecule has 0 aromatic heterocycles. The van der Waals surface area contributed by atoms with Gasteiger partial charge in [0.05, 0.1) is 0 Å². The highest BCUT2D eigenvalue weighted by Gasteiger charge is 2.20. The first-order valence-corrected chi connectivity index (χ1v) is 3.37. The van der Waals surface area contributed by atoms with Crippen LogP contribution in [0.15, 0.2) is 11.4 Å². The minimum atomic E-state index is -1.49. The molecule has 0 unspecified atom stereocenters. The van der Waals surface area contributed by atoms with E-state index >= 15 is 0 Å². The van der Waals surface area contributed by atoms with Gasteiger partial charge in [0.1, 0.15) is 0 Å². The third kappa shape index (κ3) is 2.70. The highest BCUT2D eigenvalue weighted by Crippen LogP contribution is 2.27. The van der Waals surface area contributed by atoms with Crippen molar-refractivity contribution in [1.82, 2.24) is 0 Å². The summed E-state index contributed by atoms with van der Waals surface area (Å²) < 4.78 is 12.7. The number of allylic oxidation sites excluding steroid dienone is 1. The zero-order valence-corrected chi connectivity index (χ0v) is 7.23. The quantitative estimate of drug-likeness (QED) is 0.598. The number of carboxylic acids is 1. The van der Waals surface area contributed by atoms with E-state index < -0.39 is 17.2 Å². The molecule has 0 fully saturated rings. The van der Waals surface area contributed by atoms with Crippen molar-refractivity contribution in [3.05, 3.63) is 11.4 Å². The van der Waals surface area contributed by atoms with E-state index in [-0.39, 0.29) is 5.57 Å². The van der Waals surface area contributed by atoms with Gasteiger partial charge in [-0.3, -0.25) is 0 Å². The van der Waals surface area contributed by atoms with Crippen molar-refractivity contribution in [2.45, 2.75) is 27.7 Å². The van der Waals surface area contributed by atoms with Crippen LogP contribution in [0.3, 0.4) is 0 Å². The number of aliphatic carboxylic acids is 1. The summed E-state index contributed by atoms with van der Waals surface area (Å²) >= 11 is 0. The van der Waals surface area contributed by atoms with Crippen LogP contribution >= 0.6 is 0 Å². The minimum absolute atomic E-state index is 0.269. The maximum absolute atomic E-state index is 12.7. The van der Waals surface area contributed by atoms with E-state index in [1.54, 1.807) is 20.8 Å². The van der Waals surface area contributed by atoms with E-state index in [4.69, 9.17) is 5.11 Å². The molecule has 0 aromatic carbocycles. The van der Waals surface area contributed by atoms with Crippen molar-refractivity contribution >= 4 is 5.97 Å². The van der Waals surface area contributed by atoms with Crippen LogP contribution in [-0.2, 0) is 4.79 Å². The van der Waals surface area contributed by atoms with E-state index in [0.717, 1.165) is 0 Å². The molecule has 0 atom stereocenters. The molecule has 0 bridgehead atoms. The fourth-order valence-corrected chi connectivity index (χ4v) is 0.490. The lowest BCUT2D eigenvalue weighted by Gasteiger charge is -2.18. The van der Waals surface area contributed by atoms with Crippen LogP contribution in [0.4, 0.5) is 4.39 Å². The maximum atomic E-state index is 12.7. The third-order valence-corrected chi connectivity index (χ3v) is 1.64. The Balaban J connectivity index is 4.82. The molecule has 0 aliphatic heterocycles. The van der Waals surface area contributed by atoms with E-state index in [2.05, 4.69) is 0 Å². The summed E-state index contributed by atoms with van der Waals surface area (Å²) in [6, 6.07) is 0. The Bertz CT molecular complexity index is 199.